The number of alkyl halides is 1. The Morgan fingerprint density at radius 2 is 2.40 bits per heavy atom. The van der Waals surface area contributed by atoms with Crippen LogP contribution in [0.25, 0.3) is 0 Å². The second-order valence-electron chi connectivity index (χ2n) is 3.56. The summed E-state index contributed by atoms with van der Waals surface area (Å²) in [5.74, 6) is 1.05. The van der Waals surface area contributed by atoms with E-state index in [2.05, 4.69) is 6.92 Å². The van der Waals surface area contributed by atoms with Crippen molar-refractivity contribution in [3.05, 3.63) is 0 Å². The molecule has 0 aromatic carbocycles. The van der Waals surface area contributed by atoms with Gasteiger partial charge in [0.25, 0.3) is 0 Å². The number of halogens is 1. The lowest BCUT2D eigenvalue weighted by Crippen LogP contribution is -2.36. The molecule has 1 aliphatic rings. The second-order valence-corrected chi connectivity index (χ2v) is 3.83. The molecular formula is C8H15ClO. The molecule has 0 spiro atoms. The molecule has 1 aliphatic carbocycles. The van der Waals surface area contributed by atoms with Gasteiger partial charge in [0.1, 0.15) is 0 Å². The second kappa shape index (κ2) is 3.10. The van der Waals surface area contributed by atoms with E-state index in [1.807, 2.05) is 0 Å². The summed E-state index contributed by atoms with van der Waals surface area (Å²) in [6.07, 6.45) is 4.15. The van der Waals surface area contributed by atoms with E-state index in [-0.39, 0.29) is 0 Å². The molecule has 1 nitrogen and oxygen atoms in total. The average Bonchev–Trinajstić information content (AvgIpc) is 1.88. The van der Waals surface area contributed by atoms with Crippen molar-refractivity contribution in [3.63, 3.8) is 0 Å². The highest BCUT2D eigenvalue weighted by atomic mass is 35.5. The third-order valence-corrected chi connectivity index (χ3v) is 2.81. The number of rotatable bonds is 1. The van der Waals surface area contributed by atoms with E-state index in [4.69, 9.17) is 11.6 Å². The van der Waals surface area contributed by atoms with Crippen molar-refractivity contribution in [2.24, 2.45) is 5.92 Å². The zero-order chi connectivity index (χ0) is 7.61. The quantitative estimate of drug-likeness (QED) is 0.586. The van der Waals surface area contributed by atoms with Crippen molar-refractivity contribution < 1.29 is 5.11 Å². The molecule has 0 bridgehead atoms. The van der Waals surface area contributed by atoms with Crippen molar-refractivity contribution in [1.82, 2.24) is 0 Å². The fourth-order valence-corrected chi connectivity index (χ4v) is 2.00. The zero-order valence-corrected chi connectivity index (χ0v) is 7.19. The maximum absolute atomic E-state index is 9.72. The molecule has 2 heteroatoms. The van der Waals surface area contributed by atoms with Crippen molar-refractivity contribution in [2.45, 2.75) is 38.2 Å². The Labute approximate surface area is 67.4 Å². The molecule has 1 rings (SSSR count). The first-order chi connectivity index (χ1) is 4.66. The maximum Gasteiger partial charge on any atom is 0.0785 e. The molecular weight excluding hydrogens is 148 g/mol. The average molecular weight is 163 g/mol. The third-order valence-electron chi connectivity index (χ3n) is 2.32. The lowest BCUT2D eigenvalue weighted by atomic mass is 9.80. The van der Waals surface area contributed by atoms with Crippen LogP contribution in [0.2, 0.25) is 0 Å². The van der Waals surface area contributed by atoms with Gasteiger partial charge < -0.3 is 5.11 Å². The topological polar surface area (TPSA) is 20.2 Å². The highest BCUT2D eigenvalue weighted by molar-refractivity contribution is 6.18. The normalized spacial score (nSPS) is 41.7. The number of hydrogen-bond acceptors (Lipinski definition) is 1. The summed E-state index contributed by atoms with van der Waals surface area (Å²) >= 11 is 5.64. The van der Waals surface area contributed by atoms with Gasteiger partial charge in [-0.25, -0.2) is 0 Å². The summed E-state index contributed by atoms with van der Waals surface area (Å²) in [7, 11) is 0. The maximum atomic E-state index is 9.72. The largest absolute Gasteiger partial charge is 0.389 e. The molecule has 0 unspecified atom stereocenters. The SMILES string of the molecule is C[C@H]1CCC[C@](O)(CCl)C1. The molecule has 0 aliphatic heterocycles. The van der Waals surface area contributed by atoms with Gasteiger partial charge in [-0.15, -0.1) is 11.6 Å². The van der Waals surface area contributed by atoms with Crippen LogP contribution in [0.1, 0.15) is 32.6 Å². The molecule has 1 saturated carbocycles. The molecule has 60 valence electrons. The molecule has 0 radical (unpaired) electrons. The summed E-state index contributed by atoms with van der Waals surface area (Å²) in [6, 6.07) is 0. The Bertz CT molecular complexity index is 116. The predicted molar refractivity (Wildman–Crippen MR) is 43.3 cm³/mol. The highest BCUT2D eigenvalue weighted by Crippen LogP contribution is 2.32. The zero-order valence-electron chi connectivity index (χ0n) is 6.44. The van der Waals surface area contributed by atoms with E-state index < -0.39 is 5.60 Å². The van der Waals surface area contributed by atoms with Crippen LogP contribution in [0.4, 0.5) is 0 Å². The van der Waals surface area contributed by atoms with Crippen molar-refractivity contribution in [3.8, 4) is 0 Å². The summed E-state index contributed by atoms with van der Waals surface area (Å²) in [5.41, 5.74) is -0.542. The first-order valence-corrected chi connectivity index (χ1v) is 4.48. The molecule has 0 aromatic rings. The molecule has 0 aromatic heterocycles. The van der Waals surface area contributed by atoms with Gasteiger partial charge in [-0.2, -0.15) is 0 Å². The van der Waals surface area contributed by atoms with Crippen LogP contribution in [0.3, 0.4) is 0 Å². The van der Waals surface area contributed by atoms with Gasteiger partial charge in [0.15, 0.2) is 0 Å². The van der Waals surface area contributed by atoms with Crippen molar-refractivity contribution in [2.75, 3.05) is 5.88 Å². The Hall–Kier alpha value is 0.250. The standard InChI is InChI=1S/C8H15ClO/c1-7-3-2-4-8(10,5-7)6-9/h7,10H,2-6H2,1H3/t7-,8+/m0/s1. The summed E-state index contributed by atoms with van der Waals surface area (Å²) < 4.78 is 0. The fourth-order valence-electron chi connectivity index (χ4n) is 1.75. The predicted octanol–water partition coefficient (Wildman–Crippen LogP) is 2.17. The van der Waals surface area contributed by atoms with Crippen LogP contribution in [0, 0.1) is 5.92 Å². The Morgan fingerprint density at radius 1 is 1.70 bits per heavy atom. The van der Waals surface area contributed by atoms with E-state index in [0.717, 1.165) is 19.3 Å². The van der Waals surface area contributed by atoms with Gasteiger partial charge in [0, 0.05) is 0 Å². The van der Waals surface area contributed by atoms with E-state index in [0.29, 0.717) is 11.8 Å². The first-order valence-electron chi connectivity index (χ1n) is 3.95. The number of aliphatic hydroxyl groups is 1. The van der Waals surface area contributed by atoms with Gasteiger partial charge in [0.2, 0.25) is 0 Å². The van der Waals surface area contributed by atoms with Gasteiger partial charge in [-0.3, -0.25) is 0 Å². The van der Waals surface area contributed by atoms with Crippen LogP contribution < -0.4 is 0 Å². The third kappa shape index (κ3) is 1.86. The smallest absolute Gasteiger partial charge is 0.0785 e. The summed E-state index contributed by atoms with van der Waals surface area (Å²) in [5, 5.41) is 9.72. The molecule has 2 atom stereocenters. The van der Waals surface area contributed by atoms with E-state index in [1.54, 1.807) is 0 Å². The Balaban J connectivity index is 2.45. The van der Waals surface area contributed by atoms with Crippen LogP contribution in [0.5, 0.6) is 0 Å². The minimum absolute atomic E-state index is 0.400. The van der Waals surface area contributed by atoms with Crippen molar-refractivity contribution >= 4 is 11.6 Å². The van der Waals surface area contributed by atoms with Gasteiger partial charge >= 0.3 is 0 Å². The van der Waals surface area contributed by atoms with Crippen molar-refractivity contribution in [1.29, 1.82) is 0 Å². The minimum Gasteiger partial charge on any atom is -0.389 e. The van der Waals surface area contributed by atoms with E-state index in [1.165, 1.54) is 6.42 Å². The molecule has 0 heterocycles. The summed E-state index contributed by atoms with van der Waals surface area (Å²) in [6.45, 7) is 2.18. The van der Waals surface area contributed by atoms with E-state index in [9.17, 15) is 5.11 Å². The Morgan fingerprint density at radius 3 is 2.80 bits per heavy atom. The summed E-state index contributed by atoms with van der Waals surface area (Å²) in [4.78, 5) is 0. The lowest BCUT2D eigenvalue weighted by molar-refractivity contribution is 0.00788. The van der Waals surface area contributed by atoms with E-state index >= 15 is 0 Å². The Kier molecular flexibility index (Phi) is 2.59. The fraction of sp³-hybridized carbons (Fsp3) is 1.00. The van der Waals surface area contributed by atoms with Crippen LogP contribution in [-0.2, 0) is 0 Å². The first kappa shape index (κ1) is 8.35. The lowest BCUT2D eigenvalue weighted by Gasteiger charge is -2.33. The molecule has 10 heavy (non-hydrogen) atoms. The molecule has 0 saturated heterocycles. The molecule has 1 fully saturated rings. The molecule has 0 amide bonds. The van der Waals surface area contributed by atoms with Gasteiger partial charge in [-0.1, -0.05) is 19.8 Å². The monoisotopic (exact) mass is 162 g/mol. The van der Waals surface area contributed by atoms with Crippen LogP contribution in [0.15, 0.2) is 0 Å². The van der Waals surface area contributed by atoms with Gasteiger partial charge in [0.05, 0.1) is 11.5 Å². The molecule has 1 N–H and O–H groups in total. The number of hydrogen-bond donors (Lipinski definition) is 1. The van der Waals surface area contributed by atoms with Crippen LogP contribution in [-0.4, -0.2) is 16.6 Å². The highest BCUT2D eigenvalue weighted by Gasteiger charge is 2.31. The van der Waals surface area contributed by atoms with Crippen LogP contribution >= 0.6 is 11.6 Å². The van der Waals surface area contributed by atoms with Gasteiger partial charge in [-0.05, 0) is 18.8 Å². The minimum atomic E-state index is -0.542.